The van der Waals surface area contributed by atoms with Gasteiger partial charge >= 0.3 is 0 Å². The van der Waals surface area contributed by atoms with E-state index in [9.17, 15) is 5.11 Å². The third-order valence-electron chi connectivity index (χ3n) is 3.04. The van der Waals surface area contributed by atoms with Crippen LogP contribution in [0.15, 0.2) is 24.3 Å². The minimum absolute atomic E-state index is 0. The molecule has 0 aliphatic heterocycles. The molecule has 1 nitrogen and oxygen atoms in total. The number of phenolic OH excluding ortho intramolecular Hbond substituents is 1. The van der Waals surface area contributed by atoms with Crippen LogP contribution in [0.5, 0.6) is 5.75 Å². The summed E-state index contributed by atoms with van der Waals surface area (Å²) in [5, 5.41) is 9.58. The van der Waals surface area contributed by atoms with Gasteiger partial charge in [-0.2, -0.15) is 0 Å². The molecule has 92 valence electrons. The fraction of sp³-hybridized carbons (Fsp3) is 0.600. The third-order valence-corrected chi connectivity index (χ3v) is 3.04. The van der Waals surface area contributed by atoms with Crippen LogP contribution in [0, 0.1) is 0 Å². The molecule has 0 aliphatic carbocycles. The summed E-state index contributed by atoms with van der Waals surface area (Å²) < 4.78 is 0. The molecule has 0 saturated carbocycles. The van der Waals surface area contributed by atoms with Crippen molar-refractivity contribution in [3.05, 3.63) is 29.8 Å². The summed E-state index contributed by atoms with van der Waals surface area (Å²) in [4.78, 5) is 0. The van der Waals surface area contributed by atoms with E-state index in [4.69, 9.17) is 0 Å². The molecule has 0 heterocycles. The van der Waals surface area contributed by atoms with Crippen LogP contribution in [0.3, 0.4) is 0 Å². The van der Waals surface area contributed by atoms with Crippen molar-refractivity contribution in [2.45, 2.75) is 58.3 Å². The van der Waals surface area contributed by atoms with E-state index in [2.05, 4.69) is 6.92 Å². The van der Waals surface area contributed by atoms with Crippen molar-refractivity contribution in [3.8, 4) is 5.75 Å². The number of unbranched alkanes of at least 4 members (excludes halogenated alkanes) is 6. The summed E-state index contributed by atoms with van der Waals surface area (Å²) >= 11 is 0. The number of hydrogen-bond acceptors (Lipinski definition) is 1. The fourth-order valence-corrected chi connectivity index (χ4v) is 1.99. The Morgan fingerprint density at radius 3 is 2.12 bits per heavy atom. The van der Waals surface area contributed by atoms with E-state index in [1.54, 1.807) is 6.07 Å². The molecule has 0 fully saturated rings. The van der Waals surface area contributed by atoms with Crippen molar-refractivity contribution < 1.29 is 5.11 Å². The predicted molar refractivity (Wildman–Crippen MR) is 75.6 cm³/mol. The standard InChI is InChI=1S/C15H24O.Ba/c1-2-3-4-5-6-7-8-11-14-12-9-10-13-15(14)16;/h9-10,12-13,16H,2-8,11H2,1H3;. The van der Waals surface area contributed by atoms with Crippen molar-refractivity contribution >= 4 is 48.9 Å². The smallest absolute Gasteiger partial charge is 0.118 e. The summed E-state index contributed by atoms with van der Waals surface area (Å²) in [5.41, 5.74) is 1.09. The molecular weight excluding hydrogens is 333 g/mol. The Bertz CT molecular complexity index is 286. The van der Waals surface area contributed by atoms with Crippen LogP contribution in [0.25, 0.3) is 0 Å². The number of aromatic hydroxyl groups is 1. The van der Waals surface area contributed by atoms with Gasteiger partial charge < -0.3 is 5.11 Å². The summed E-state index contributed by atoms with van der Waals surface area (Å²) in [7, 11) is 0. The maximum atomic E-state index is 9.58. The molecule has 0 bridgehead atoms. The second-order valence-electron chi connectivity index (χ2n) is 4.50. The van der Waals surface area contributed by atoms with Crippen molar-refractivity contribution in [1.82, 2.24) is 0 Å². The van der Waals surface area contributed by atoms with E-state index in [-0.39, 0.29) is 48.9 Å². The summed E-state index contributed by atoms with van der Waals surface area (Å²) in [5.74, 6) is 0.452. The molecule has 2 radical (unpaired) electrons. The largest absolute Gasteiger partial charge is 0.508 e. The Kier molecular flexibility index (Phi) is 12.1. The second-order valence-corrected chi connectivity index (χ2v) is 4.50. The number of rotatable bonds is 8. The summed E-state index contributed by atoms with van der Waals surface area (Å²) in [6, 6.07) is 7.67. The second kappa shape index (κ2) is 11.7. The van der Waals surface area contributed by atoms with Crippen molar-refractivity contribution in [2.75, 3.05) is 0 Å². The Morgan fingerprint density at radius 2 is 1.47 bits per heavy atom. The average molecular weight is 358 g/mol. The van der Waals surface area contributed by atoms with Gasteiger partial charge in [0.1, 0.15) is 5.75 Å². The monoisotopic (exact) mass is 358 g/mol. The van der Waals surface area contributed by atoms with Crippen LogP contribution >= 0.6 is 0 Å². The van der Waals surface area contributed by atoms with Crippen LogP contribution in [0.1, 0.15) is 57.4 Å². The number of hydrogen-bond donors (Lipinski definition) is 1. The Labute approximate surface area is 146 Å². The number of aryl methyl sites for hydroxylation is 1. The van der Waals surface area contributed by atoms with E-state index in [0.29, 0.717) is 5.75 Å². The Hall–Kier alpha value is 0.591. The first-order valence-electron chi connectivity index (χ1n) is 6.61. The first kappa shape index (κ1) is 17.6. The maximum absolute atomic E-state index is 9.58. The van der Waals surface area contributed by atoms with Gasteiger partial charge in [-0.3, -0.25) is 0 Å². The summed E-state index contributed by atoms with van der Waals surface area (Å²) in [6.07, 6.45) is 10.3. The van der Waals surface area contributed by atoms with Crippen LogP contribution in [0.4, 0.5) is 0 Å². The van der Waals surface area contributed by atoms with Gasteiger partial charge in [0.2, 0.25) is 0 Å². The normalized spacial score (nSPS) is 9.94. The zero-order valence-corrected chi connectivity index (χ0v) is 15.6. The first-order chi connectivity index (χ1) is 7.84. The molecule has 0 unspecified atom stereocenters. The molecule has 0 amide bonds. The van der Waals surface area contributed by atoms with E-state index >= 15 is 0 Å². The molecule has 17 heavy (non-hydrogen) atoms. The zero-order chi connectivity index (χ0) is 11.6. The van der Waals surface area contributed by atoms with Gasteiger partial charge in [0.15, 0.2) is 0 Å². The minimum atomic E-state index is 0. The van der Waals surface area contributed by atoms with E-state index in [0.717, 1.165) is 12.0 Å². The van der Waals surface area contributed by atoms with Crippen LogP contribution in [-0.2, 0) is 6.42 Å². The van der Waals surface area contributed by atoms with Gasteiger partial charge in [0.25, 0.3) is 0 Å². The van der Waals surface area contributed by atoms with Crippen LogP contribution in [-0.4, -0.2) is 54.0 Å². The van der Waals surface area contributed by atoms with Gasteiger partial charge in [0.05, 0.1) is 0 Å². The van der Waals surface area contributed by atoms with Gasteiger partial charge in [-0.25, -0.2) is 0 Å². The van der Waals surface area contributed by atoms with E-state index < -0.39 is 0 Å². The van der Waals surface area contributed by atoms with Crippen LogP contribution in [0.2, 0.25) is 0 Å². The van der Waals surface area contributed by atoms with Gasteiger partial charge in [0, 0.05) is 48.9 Å². The number of para-hydroxylation sites is 1. The predicted octanol–water partition coefficient (Wildman–Crippen LogP) is 4.30. The molecule has 1 N–H and O–H groups in total. The van der Waals surface area contributed by atoms with Crippen molar-refractivity contribution in [2.24, 2.45) is 0 Å². The topological polar surface area (TPSA) is 20.2 Å². The zero-order valence-electron chi connectivity index (χ0n) is 11.1. The Morgan fingerprint density at radius 1 is 0.882 bits per heavy atom. The van der Waals surface area contributed by atoms with Crippen LogP contribution < -0.4 is 0 Å². The van der Waals surface area contributed by atoms with Gasteiger partial charge in [-0.15, -0.1) is 0 Å². The van der Waals surface area contributed by atoms with Gasteiger partial charge in [-0.05, 0) is 24.5 Å². The molecule has 2 heteroatoms. The van der Waals surface area contributed by atoms with Gasteiger partial charge in [-0.1, -0.05) is 63.6 Å². The first-order valence-corrected chi connectivity index (χ1v) is 6.61. The van der Waals surface area contributed by atoms with Crippen molar-refractivity contribution in [1.29, 1.82) is 0 Å². The molecule has 0 spiro atoms. The molecule has 1 rings (SSSR count). The SMILES string of the molecule is CCCCCCCCCc1ccccc1O.[Ba]. The minimum Gasteiger partial charge on any atom is -0.508 e. The third kappa shape index (κ3) is 8.33. The quantitative estimate of drug-likeness (QED) is 0.543. The molecular formula is C15H24BaO. The number of phenols is 1. The molecule has 0 saturated heterocycles. The van der Waals surface area contributed by atoms with E-state index in [1.807, 2.05) is 18.2 Å². The van der Waals surface area contributed by atoms with E-state index in [1.165, 1.54) is 44.9 Å². The number of benzene rings is 1. The maximum Gasteiger partial charge on any atom is 0.118 e. The Balaban J connectivity index is 0.00000256. The molecule has 1 aromatic rings. The molecule has 1 aromatic carbocycles. The molecule has 0 atom stereocenters. The van der Waals surface area contributed by atoms with Crippen molar-refractivity contribution in [3.63, 3.8) is 0 Å². The summed E-state index contributed by atoms with van der Waals surface area (Å²) in [6.45, 7) is 2.25. The molecule has 0 aromatic heterocycles. The molecule has 0 aliphatic rings. The fourth-order valence-electron chi connectivity index (χ4n) is 1.99. The average Bonchev–Trinajstić information content (AvgIpc) is 2.30.